The molecule has 0 saturated carbocycles. The number of halogens is 2. The molecule has 28 heavy (non-hydrogen) atoms. The van der Waals surface area contributed by atoms with Gasteiger partial charge in [-0.25, -0.2) is 9.29 Å². The van der Waals surface area contributed by atoms with Crippen LogP contribution in [0.1, 0.15) is 0 Å². The van der Waals surface area contributed by atoms with Crippen molar-refractivity contribution in [2.24, 2.45) is 10.3 Å². The van der Waals surface area contributed by atoms with E-state index in [1.165, 1.54) is 18.2 Å². The van der Waals surface area contributed by atoms with E-state index in [0.717, 1.165) is 9.91 Å². The first-order chi connectivity index (χ1) is 13.5. The van der Waals surface area contributed by atoms with E-state index in [2.05, 4.69) is 15.7 Å². The van der Waals surface area contributed by atoms with Gasteiger partial charge in [0.05, 0.1) is 11.4 Å². The molecule has 2 aliphatic heterocycles. The van der Waals surface area contributed by atoms with Gasteiger partial charge in [0, 0.05) is 5.02 Å². The van der Waals surface area contributed by atoms with E-state index in [1.807, 2.05) is 0 Å². The van der Waals surface area contributed by atoms with Gasteiger partial charge in [-0.1, -0.05) is 29.0 Å². The van der Waals surface area contributed by atoms with Gasteiger partial charge in [0.25, 0.3) is 11.8 Å². The molecule has 0 radical (unpaired) electrons. The van der Waals surface area contributed by atoms with E-state index in [1.54, 1.807) is 30.3 Å². The highest BCUT2D eigenvalue weighted by Crippen LogP contribution is 2.32. The normalized spacial score (nSPS) is 20.6. The fourth-order valence-corrected chi connectivity index (χ4v) is 3.22. The Morgan fingerprint density at radius 1 is 1.11 bits per heavy atom. The summed E-state index contributed by atoms with van der Waals surface area (Å²) in [7, 11) is 0. The minimum atomic E-state index is -1.02. The van der Waals surface area contributed by atoms with Gasteiger partial charge in [-0.05, 0) is 36.4 Å². The minimum absolute atomic E-state index is 0.0109. The van der Waals surface area contributed by atoms with Crippen LogP contribution >= 0.6 is 11.6 Å². The predicted molar refractivity (Wildman–Crippen MR) is 98.1 cm³/mol. The fourth-order valence-electron chi connectivity index (χ4n) is 3.10. The highest BCUT2D eigenvalue weighted by atomic mass is 35.5. The first-order valence-corrected chi connectivity index (χ1v) is 8.68. The summed E-state index contributed by atoms with van der Waals surface area (Å²) in [5.41, 5.74) is 0.372. The smallest absolute Gasteiger partial charge is 0.263 e. The summed E-state index contributed by atoms with van der Waals surface area (Å²) in [5.74, 6) is -2.24. The van der Waals surface area contributed by atoms with Crippen LogP contribution in [0.3, 0.4) is 0 Å². The number of rotatable bonds is 4. The number of imide groups is 1. The lowest BCUT2D eigenvalue weighted by atomic mass is 10.1. The van der Waals surface area contributed by atoms with Crippen molar-refractivity contribution in [3.05, 3.63) is 59.4 Å². The molecule has 8 nitrogen and oxygen atoms in total. The molecule has 1 N–H and O–H groups in total. The molecule has 2 unspecified atom stereocenters. The van der Waals surface area contributed by atoms with Crippen molar-refractivity contribution < 1.29 is 18.8 Å². The predicted octanol–water partition coefficient (Wildman–Crippen LogP) is 2.41. The van der Waals surface area contributed by atoms with Crippen molar-refractivity contribution in [1.82, 2.24) is 5.01 Å². The van der Waals surface area contributed by atoms with Crippen LogP contribution in [0.15, 0.2) is 58.9 Å². The van der Waals surface area contributed by atoms with E-state index in [4.69, 9.17) is 11.6 Å². The maximum Gasteiger partial charge on any atom is 0.263 e. The van der Waals surface area contributed by atoms with Crippen molar-refractivity contribution >= 4 is 40.7 Å². The van der Waals surface area contributed by atoms with E-state index in [0.29, 0.717) is 10.7 Å². The summed E-state index contributed by atoms with van der Waals surface area (Å²) in [6.07, 6.45) is 0. The average Bonchev–Trinajstić information content (AvgIpc) is 3.18. The first kappa shape index (κ1) is 18.1. The van der Waals surface area contributed by atoms with Gasteiger partial charge in [-0.3, -0.25) is 19.4 Å². The molecule has 2 aromatic rings. The van der Waals surface area contributed by atoms with Gasteiger partial charge < -0.3 is 5.32 Å². The van der Waals surface area contributed by atoms with E-state index < -0.39 is 35.6 Å². The van der Waals surface area contributed by atoms with Crippen molar-refractivity contribution in [2.75, 3.05) is 16.8 Å². The third-order valence-corrected chi connectivity index (χ3v) is 4.65. The fraction of sp³-hybridized carbons (Fsp3) is 0.167. The molecule has 10 heteroatoms. The van der Waals surface area contributed by atoms with E-state index >= 15 is 0 Å². The molecular formula is C18H13ClFN5O3. The number of para-hydroxylation sites is 1. The number of hydrogen-bond acceptors (Lipinski definition) is 6. The summed E-state index contributed by atoms with van der Waals surface area (Å²) in [4.78, 5) is 38.6. The number of nitrogens with one attached hydrogen (secondary N) is 1. The molecular weight excluding hydrogens is 389 g/mol. The maximum absolute atomic E-state index is 13.7. The number of hydrogen-bond donors (Lipinski definition) is 1. The summed E-state index contributed by atoms with van der Waals surface area (Å²) in [5, 5.41) is 11.6. The van der Waals surface area contributed by atoms with Crippen molar-refractivity contribution in [3.8, 4) is 0 Å². The third-order valence-electron chi connectivity index (χ3n) is 4.40. The van der Waals surface area contributed by atoms with Crippen molar-refractivity contribution in [1.29, 1.82) is 0 Å². The molecule has 2 atom stereocenters. The molecule has 2 aromatic carbocycles. The quantitative estimate of drug-likeness (QED) is 0.796. The van der Waals surface area contributed by atoms with Crippen LogP contribution in [0.4, 0.5) is 15.8 Å². The van der Waals surface area contributed by atoms with Crippen LogP contribution in [0.25, 0.3) is 0 Å². The first-order valence-electron chi connectivity index (χ1n) is 8.31. The van der Waals surface area contributed by atoms with Crippen LogP contribution in [0, 0.1) is 5.82 Å². The Bertz CT molecular complexity index is 997. The monoisotopic (exact) mass is 401 g/mol. The minimum Gasteiger partial charge on any atom is -0.322 e. The van der Waals surface area contributed by atoms with Crippen molar-refractivity contribution in [2.45, 2.75) is 12.1 Å². The van der Waals surface area contributed by atoms with Crippen LogP contribution < -0.4 is 10.2 Å². The number of carbonyl (C=O) groups is 3. The number of amides is 3. The maximum atomic E-state index is 13.7. The lowest BCUT2D eigenvalue weighted by molar-refractivity contribution is -0.123. The SMILES string of the molecule is O=C(CN1N=NC2C(=O)N(c3ccc(Cl)cc3)C(=O)C21)Nc1ccccc1F. The van der Waals surface area contributed by atoms with Gasteiger partial charge >= 0.3 is 0 Å². The number of anilines is 2. The summed E-state index contributed by atoms with van der Waals surface area (Å²) in [6, 6.07) is 9.87. The lowest BCUT2D eigenvalue weighted by Gasteiger charge is -2.20. The zero-order chi connectivity index (χ0) is 19.8. The number of benzene rings is 2. The Morgan fingerprint density at radius 2 is 1.82 bits per heavy atom. The van der Waals surface area contributed by atoms with Gasteiger partial charge in [0.1, 0.15) is 12.4 Å². The molecule has 0 spiro atoms. The molecule has 3 amide bonds. The number of fused-ring (bicyclic) bond motifs is 1. The Morgan fingerprint density at radius 3 is 2.54 bits per heavy atom. The number of nitrogens with zero attached hydrogens (tertiary/aromatic N) is 4. The molecule has 1 fully saturated rings. The number of carbonyl (C=O) groups excluding carboxylic acids is 3. The van der Waals surface area contributed by atoms with Gasteiger partial charge in [0.2, 0.25) is 5.91 Å². The molecule has 2 aliphatic rings. The van der Waals surface area contributed by atoms with Crippen LogP contribution in [-0.4, -0.2) is 41.4 Å². The topological polar surface area (TPSA) is 94.4 Å². The zero-order valence-electron chi connectivity index (χ0n) is 14.3. The van der Waals surface area contributed by atoms with E-state index in [9.17, 15) is 18.8 Å². The highest BCUT2D eigenvalue weighted by Gasteiger charge is 2.55. The highest BCUT2D eigenvalue weighted by molar-refractivity contribution is 6.31. The second-order valence-corrected chi connectivity index (χ2v) is 6.64. The second-order valence-electron chi connectivity index (χ2n) is 6.21. The Labute approximate surface area is 163 Å². The standard InChI is InChI=1S/C18H13ClFN5O3/c19-10-5-7-11(8-6-10)25-17(27)15-16(18(25)28)24(23-22-15)9-14(26)21-13-4-2-1-3-12(13)20/h1-8,15-16H,9H2,(H,21,26). The molecule has 0 aromatic heterocycles. The van der Waals surface area contributed by atoms with Crippen LogP contribution in [-0.2, 0) is 14.4 Å². The molecule has 142 valence electrons. The van der Waals surface area contributed by atoms with Crippen LogP contribution in [0.2, 0.25) is 5.02 Å². The van der Waals surface area contributed by atoms with Gasteiger partial charge in [0.15, 0.2) is 12.1 Å². The summed E-state index contributed by atoms with van der Waals surface area (Å²) < 4.78 is 13.7. The summed E-state index contributed by atoms with van der Waals surface area (Å²) >= 11 is 5.84. The Hall–Kier alpha value is -3.33. The second kappa shape index (κ2) is 7.01. The third kappa shape index (κ3) is 3.09. The summed E-state index contributed by atoms with van der Waals surface area (Å²) in [6.45, 7) is -0.355. The van der Waals surface area contributed by atoms with Crippen molar-refractivity contribution in [3.63, 3.8) is 0 Å². The average molecular weight is 402 g/mol. The molecule has 0 aliphatic carbocycles. The van der Waals surface area contributed by atoms with Crippen LogP contribution in [0.5, 0.6) is 0 Å². The Kier molecular flexibility index (Phi) is 4.52. The zero-order valence-corrected chi connectivity index (χ0v) is 15.0. The van der Waals surface area contributed by atoms with Gasteiger partial charge in [-0.15, -0.1) is 0 Å². The molecule has 2 heterocycles. The molecule has 4 rings (SSSR count). The molecule has 1 saturated heterocycles. The Balaban J connectivity index is 1.49. The molecule has 0 bridgehead atoms. The van der Waals surface area contributed by atoms with Gasteiger partial charge in [-0.2, -0.15) is 5.11 Å². The van der Waals surface area contributed by atoms with E-state index in [-0.39, 0.29) is 12.2 Å². The lowest BCUT2D eigenvalue weighted by Crippen LogP contribution is -2.43. The largest absolute Gasteiger partial charge is 0.322 e.